The molecule has 0 fully saturated rings. The summed E-state index contributed by atoms with van der Waals surface area (Å²) in [7, 11) is 1.63. The van der Waals surface area contributed by atoms with Crippen LogP contribution in [-0.2, 0) is 12.0 Å². The van der Waals surface area contributed by atoms with Gasteiger partial charge in [-0.15, -0.1) is 10.2 Å². The van der Waals surface area contributed by atoms with Crippen LogP contribution in [0.1, 0.15) is 37.5 Å². The van der Waals surface area contributed by atoms with Crippen LogP contribution in [0.15, 0.2) is 60.2 Å². The fraction of sp³-hybridized carbons (Fsp3) is 0.286. The van der Waals surface area contributed by atoms with Gasteiger partial charge >= 0.3 is 0 Å². The SMILES string of the molecule is COc1cc(/C=N\n2cnnc2)ccc1OCc1ccc(C(C)(C)C)cc1. The number of rotatable bonds is 6. The molecule has 0 spiro atoms. The molecule has 27 heavy (non-hydrogen) atoms. The first-order chi connectivity index (χ1) is 13.0. The second-order valence-electron chi connectivity index (χ2n) is 7.23. The van der Waals surface area contributed by atoms with Gasteiger partial charge in [-0.05, 0) is 40.3 Å². The van der Waals surface area contributed by atoms with Gasteiger partial charge in [0.05, 0.1) is 13.3 Å². The largest absolute Gasteiger partial charge is 0.493 e. The summed E-state index contributed by atoms with van der Waals surface area (Å²) < 4.78 is 12.9. The average molecular weight is 364 g/mol. The van der Waals surface area contributed by atoms with Crippen molar-refractivity contribution in [2.24, 2.45) is 5.10 Å². The zero-order chi connectivity index (χ0) is 19.3. The summed E-state index contributed by atoms with van der Waals surface area (Å²) in [6.07, 6.45) is 4.76. The van der Waals surface area contributed by atoms with Crippen LogP contribution in [0.2, 0.25) is 0 Å². The lowest BCUT2D eigenvalue weighted by molar-refractivity contribution is 0.284. The van der Waals surface area contributed by atoms with Gasteiger partial charge in [-0.1, -0.05) is 45.0 Å². The van der Waals surface area contributed by atoms with Gasteiger partial charge in [-0.2, -0.15) is 5.10 Å². The zero-order valence-corrected chi connectivity index (χ0v) is 16.1. The van der Waals surface area contributed by atoms with E-state index in [2.05, 4.69) is 60.3 Å². The molecule has 1 heterocycles. The molecule has 0 aliphatic carbocycles. The van der Waals surface area contributed by atoms with Crippen molar-refractivity contribution in [1.29, 1.82) is 0 Å². The Hall–Kier alpha value is -3.15. The molecule has 0 unspecified atom stereocenters. The Morgan fingerprint density at radius 3 is 2.33 bits per heavy atom. The molecule has 3 aromatic rings. The quantitative estimate of drug-likeness (QED) is 0.619. The number of ether oxygens (including phenoxy) is 2. The first-order valence-corrected chi connectivity index (χ1v) is 8.75. The van der Waals surface area contributed by atoms with E-state index in [1.807, 2.05) is 18.2 Å². The van der Waals surface area contributed by atoms with Gasteiger partial charge in [0.15, 0.2) is 11.5 Å². The molecule has 0 atom stereocenters. The molecule has 0 amide bonds. The van der Waals surface area contributed by atoms with E-state index in [9.17, 15) is 0 Å². The minimum atomic E-state index is 0.146. The molecular weight excluding hydrogens is 340 g/mol. The molecule has 0 N–H and O–H groups in total. The fourth-order valence-electron chi connectivity index (χ4n) is 2.53. The van der Waals surface area contributed by atoms with Crippen LogP contribution < -0.4 is 9.47 Å². The average Bonchev–Trinajstić information content (AvgIpc) is 3.18. The predicted octanol–water partition coefficient (Wildman–Crippen LogP) is 4.05. The Kier molecular flexibility index (Phi) is 5.54. The van der Waals surface area contributed by atoms with Crippen molar-refractivity contribution >= 4 is 6.21 Å². The second kappa shape index (κ2) is 8.03. The van der Waals surface area contributed by atoms with Gasteiger partial charge in [0.2, 0.25) is 0 Å². The molecule has 0 aliphatic rings. The van der Waals surface area contributed by atoms with E-state index in [4.69, 9.17) is 9.47 Å². The van der Waals surface area contributed by atoms with Crippen LogP contribution in [0.5, 0.6) is 11.5 Å². The first-order valence-electron chi connectivity index (χ1n) is 8.75. The molecule has 140 valence electrons. The third kappa shape index (κ3) is 4.94. The summed E-state index contributed by atoms with van der Waals surface area (Å²) >= 11 is 0. The van der Waals surface area contributed by atoms with Crippen molar-refractivity contribution in [1.82, 2.24) is 14.9 Å². The lowest BCUT2D eigenvalue weighted by Crippen LogP contribution is -2.10. The summed E-state index contributed by atoms with van der Waals surface area (Å²) in [4.78, 5) is 0. The Morgan fingerprint density at radius 1 is 1.00 bits per heavy atom. The summed E-state index contributed by atoms with van der Waals surface area (Å²) in [5.74, 6) is 1.35. The summed E-state index contributed by atoms with van der Waals surface area (Å²) in [6.45, 7) is 7.10. The Balaban J connectivity index is 1.67. The topological polar surface area (TPSA) is 61.5 Å². The second-order valence-corrected chi connectivity index (χ2v) is 7.23. The molecule has 0 bridgehead atoms. The number of nitrogens with zero attached hydrogens (tertiary/aromatic N) is 4. The minimum absolute atomic E-state index is 0.146. The van der Waals surface area contributed by atoms with E-state index in [0.717, 1.165) is 11.1 Å². The van der Waals surface area contributed by atoms with Crippen molar-refractivity contribution in [3.05, 3.63) is 71.8 Å². The zero-order valence-electron chi connectivity index (χ0n) is 16.1. The van der Waals surface area contributed by atoms with Crippen LogP contribution in [0.25, 0.3) is 0 Å². The number of benzene rings is 2. The highest BCUT2D eigenvalue weighted by Crippen LogP contribution is 2.29. The summed E-state index contributed by atoms with van der Waals surface area (Å²) in [5, 5.41) is 11.7. The van der Waals surface area contributed by atoms with Crippen molar-refractivity contribution in [3.63, 3.8) is 0 Å². The lowest BCUT2D eigenvalue weighted by atomic mass is 9.87. The Morgan fingerprint density at radius 2 is 1.70 bits per heavy atom. The molecule has 6 heteroatoms. The maximum Gasteiger partial charge on any atom is 0.161 e. The van der Waals surface area contributed by atoms with Crippen molar-refractivity contribution in [2.75, 3.05) is 7.11 Å². The highest BCUT2D eigenvalue weighted by Gasteiger charge is 2.13. The van der Waals surface area contributed by atoms with Gasteiger partial charge in [0.1, 0.15) is 19.3 Å². The number of methoxy groups -OCH3 is 1. The molecule has 0 saturated heterocycles. The van der Waals surface area contributed by atoms with Crippen molar-refractivity contribution < 1.29 is 9.47 Å². The van der Waals surface area contributed by atoms with E-state index in [-0.39, 0.29) is 5.41 Å². The maximum absolute atomic E-state index is 5.95. The van der Waals surface area contributed by atoms with E-state index in [1.165, 1.54) is 22.9 Å². The third-order valence-corrected chi connectivity index (χ3v) is 4.15. The van der Waals surface area contributed by atoms with E-state index < -0.39 is 0 Å². The van der Waals surface area contributed by atoms with Gasteiger partial charge in [-0.3, -0.25) is 0 Å². The molecule has 3 rings (SSSR count). The van der Waals surface area contributed by atoms with Crippen molar-refractivity contribution in [3.8, 4) is 11.5 Å². The van der Waals surface area contributed by atoms with Crippen LogP contribution in [-0.4, -0.2) is 28.2 Å². The predicted molar refractivity (Wildman–Crippen MR) is 105 cm³/mol. The van der Waals surface area contributed by atoms with E-state index >= 15 is 0 Å². The van der Waals surface area contributed by atoms with Gasteiger partial charge < -0.3 is 9.47 Å². The summed E-state index contributed by atoms with van der Waals surface area (Å²) in [5.41, 5.74) is 3.46. The molecule has 6 nitrogen and oxygen atoms in total. The van der Waals surface area contributed by atoms with Crippen LogP contribution in [0, 0.1) is 0 Å². The Bertz CT molecular complexity index is 895. The van der Waals surface area contributed by atoms with Gasteiger partial charge in [-0.25, -0.2) is 4.68 Å². The molecular formula is C21H24N4O2. The molecule has 0 saturated carbocycles. The van der Waals surface area contributed by atoms with E-state index in [1.54, 1.807) is 13.3 Å². The first kappa shape index (κ1) is 18.6. The third-order valence-electron chi connectivity index (χ3n) is 4.15. The molecule has 1 aromatic heterocycles. The standard InChI is InChI=1S/C21H24N4O2/c1-21(2,3)18-8-5-16(6-9-18)13-27-19-10-7-17(11-20(19)26-4)12-24-25-14-22-23-15-25/h5-12,14-15H,13H2,1-4H3/b24-12-. The van der Waals surface area contributed by atoms with Gasteiger partial charge in [0.25, 0.3) is 0 Å². The number of hydrogen-bond acceptors (Lipinski definition) is 5. The molecule has 2 aromatic carbocycles. The van der Waals surface area contributed by atoms with Crippen LogP contribution in [0.4, 0.5) is 0 Å². The number of hydrogen-bond donors (Lipinski definition) is 0. The van der Waals surface area contributed by atoms with Gasteiger partial charge in [0, 0.05) is 0 Å². The lowest BCUT2D eigenvalue weighted by Gasteiger charge is -2.19. The van der Waals surface area contributed by atoms with Crippen LogP contribution in [0.3, 0.4) is 0 Å². The molecule has 0 radical (unpaired) electrons. The molecule has 0 aliphatic heterocycles. The van der Waals surface area contributed by atoms with Crippen LogP contribution >= 0.6 is 0 Å². The smallest absolute Gasteiger partial charge is 0.161 e. The monoisotopic (exact) mass is 364 g/mol. The fourth-order valence-corrected chi connectivity index (χ4v) is 2.53. The Labute approximate surface area is 159 Å². The van der Waals surface area contributed by atoms with Crippen molar-refractivity contribution in [2.45, 2.75) is 32.8 Å². The maximum atomic E-state index is 5.95. The highest BCUT2D eigenvalue weighted by molar-refractivity contribution is 5.80. The number of aromatic nitrogens is 3. The summed E-state index contributed by atoms with van der Waals surface area (Å²) in [6, 6.07) is 14.2. The normalized spacial score (nSPS) is 11.7. The highest BCUT2D eigenvalue weighted by atomic mass is 16.5. The van der Waals surface area contributed by atoms with E-state index in [0.29, 0.717) is 18.1 Å². The minimum Gasteiger partial charge on any atom is -0.493 e.